The average molecular weight is 256 g/mol. The van der Waals surface area contributed by atoms with Gasteiger partial charge in [-0.1, -0.05) is 12.1 Å². The molecule has 0 aliphatic rings. The number of alkyl halides is 1. The summed E-state index contributed by atoms with van der Waals surface area (Å²) < 4.78 is 7.09. The van der Waals surface area contributed by atoms with Crippen LogP contribution in [0.1, 0.15) is 30.8 Å². The molecule has 0 bridgehead atoms. The van der Waals surface area contributed by atoms with Gasteiger partial charge >= 0.3 is 0 Å². The molecule has 2 heterocycles. The fourth-order valence-electron chi connectivity index (χ4n) is 1.41. The minimum atomic E-state index is 0.459. The van der Waals surface area contributed by atoms with Gasteiger partial charge in [0.1, 0.15) is 6.54 Å². The van der Waals surface area contributed by atoms with Crippen molar-refractivity contribution in [2.24, 2.45) is 0 Å². The van der Waals surface area contributed by atoms with Crippen LogP contribution >= 0.6 is 11.6 Å². The van der Waals surface area contributed by atoms with Gasteiger partial charge in [0.15, 0.2) is 0 Å². The van der Waals surface area contributed by atoms with E-state index in [1.807, 2.05) is 13.1 Å². The van der Waals surface area contributed by atoms with Gasteiger partial charge in [0, 0.05) is 18.5 Å². The van der Waals surface area contributed by atoms with Crippen molar-refractivity contribution in [2.45, 2.75) is 32.7 Å². The highest BCUT2D eigenvalue weighted by molar-refractivity contribution is 6.17. The van der Waals surface area contributed by atoms with Gasteiger partial charge in [0.2, 0.25) is 11.8 Å². The first-order chi connectivity index (χ1) is 8.31. The van der Waals surface area contributed by atoms with Gasteiger partial charge in [0.05, 0.1) is 5.69 Å². The Morgan fingerprint density at radius 2 is 2.12 bits per heavy atom. The number of nitrogens with zero attached hydrogens (tertiary/aromatic N) is 5. The highest BCUT2D eigenvalue weighted by atomic mass is 35.5. The van der Waals surface area contributed by atoms with E-state index in [4.69, 9.17) is 16.0 Å². The van der Waals surface area contributed by atoms with Crippen molar-refractivity contribution < 1.29 is 4.42 Å². The fraction of sp³-hybridized carbons (Fsp3) is 0.600. The van der Waals surface area contributed by atoms with Gasteiger partial charge in [-0.3, -0.25) is 0 Å². The van der Waals surface area contributed by atoms with Crippen molar-refractivity contribution >= 4 is 11.6 Å². The van der Waals surface area contributed by atoms with Crippen molar-refractivity contribution in [3.8, 4) is 0 Å². The van der Waals surface area contributed by atoms with Crippen molar-refractivity contribution in [1.29, 1.82) is 0 Å². The van der Waals surface area contributed by atoms with Gasteiger partial charge in [-0.2, -0.15) is 0 Å². The molecule has 0 spiro atoms. The standard InChI is InChI=1S/C10H14ClN5O/c1-2-9-13-14-10(17-9)7-16-6-8(12-15-16)4-3-5-11/h6H,2-5,7H2,1H3. The Balaban J connectivity index is 1.96. The maximum Gasteiger partial charge on any atom is 0.237 e. The van der Waals surface area contributed by atoms with E-state index < -0.39 is 0 Å². The summed E-state index contributed by atoms with van der Waals surface area (Å²) in [6, 6.07) is 0. The molecule has 0 atom stereocenters. The van der Waals surface area contributed by atoms with Crippen LogP contribution in [0.5, 0.6) is 0 Å². The van der Waals surface area contributed by atoms with Gasteiger partial charge in [-0.05, 0) is 12.8 Å². The first kappa shape index (κ1) is 12.0. The van der Waals surface area contributed by atoms with Crippen LogP contribution in [0.4, 0.5) is 0 Å². The van der Waals surface area contributed by atoms with E-state index in [1.165, 1.54) is 0 Å². The van der Waals surface area contributed by atoms with Gasteiger partial charge in [-0.15, -0.1) is 26.9 Å². The van der Waals surface area contributed by atoms with E-state index in [2.05, 4.69) is 20.5 Å². The lowest BCUT2D eigenvalue weighted by molar-refractivity contribution is 0.430. The Bertz CT molecular complexity index is 467. The van der Waals surface area contributed by atoms with Gasteiger partial charge < -0.3 is 4.42 Å². The molecule has 0 fully saturated rings. The lowest BCUT2D eigenvalue weighted by Crippen LogP contribution is -2.00. The molecule has 0 radical (unpaired) electrons. The lowest BCUT2D eigenvalue weighted by atomic mass is 10.3. The highest BCUT2D eigenvalue weighted by Crippen LogP contribution is 2.04. The number of hydrogen-bond acceptors (Lipinski definition) is 5. The monoisotopic (exact) mass is 255 g/mol. The summed E-state index contributed by atoms with van der Waals surface area (Å²) in [6.07, 6.45) is 4.36. The molecule has 92 valence electrons. The summed E-state index contributed by atoms with van der Waals surface area (Å²) in [6.45, 7) is 2.43. The molecule has 0 N–H and O–H groups in total. The smallest absolute Gasteiger partial charge is 0.237 e. The van der Waals surface area contributed by atoms with E-state index in [0.717, 1.165) is 25.0 Å². The molecule has 0 amide bonds. The summed E-state index contributed by atoms with van der Waals surface area (Å²) in [4.78, 5) is 0. The first-order valence-electron chi connectivity index (χ1n) is 5.58. The quantitative estimate of drug-likeness (QED) is 0.731. The summed E-state index contributed by atoms with van der Waals surface area (Å²) in [5.41, 5.74) is 0.931. The minimum Gasteiger partial charge on any atom is -0.423 e. The van der Waals surface area contributed by atoms with E-state index in [0.29, 0.717) is 24.2 Å². The molecule has 0 aliphatic carbocycles. The fourth-order valence-corrected chi connectivity index (χ4v) is 1.55. The topological polar surface area (TPSA) is 69.6 Å². The molecule has 2 aromatic heterocycles. The molecule has 0 aliphatic heterocycles. The predicted molar refractivity (Wildman–Crippen MR) is 61.8 cm³/mol. The van der Waals surface area contributed by atoms with Crippen molar-refractivity contribution in [1.82, 2.24) is 25.2 Å². The molecule has 7 heteroatoms. The number of aromatic nitrogens is 5. The van der Waals surface area contributed by atoms with E-state index in [-0.39, 0.29) is 0 Å². The SMILES string of the molecule is CCc1nnc(Cn2cc(CCCCl)nn2)o1. The lowest BCUT2D eigenvalue weighted by Gasteiger charge is -1.93. The first-order valence-corrected chi connectivity index (χ1v) is 6.11. The van der Waals surface area contributed by atoms with Crippen LogP contribution in [-0.4, -0.2) is 31.1 Å². The number of rotatable bonds is 6. The predicted octanol–water partition coefficient (Wildman–Crippen LogP) is 1.44. The molecule has 17 heavy (non-hydrogen) atoms. The zero-order chi connectivity index (χ0) is 12.1. The zero-order valence-electron chi connectivity index (χ0n) is 9.64. The van der Waals surface area contributed by atoms with E-state index in [9.17, 15) is 0 Å². The second-order valence-corrected chi connectivity index (χ2v) is 4.02. The third-order valence-corrected chi connectivity index (χ3v) is 2.53. The maximum absolute atomic E-state index is 5.62. The third kappa shape index (κ3) is 3.26. The summed E-state index contributed by atoms with van der Waals surface area (Å²) in [5, 5.41) is 15.9. The molecule has 0 saturated carbocycles. The summed E-state index contributed by atoms with van der Waals surface area (Å²) >= 11 is 5.62. The molecule has 0 aromatic carbocycles. The Labute approximate surface area is 104 Å². The number of aryl methyl sites for hydroxylation is 2. The van der Waals surface area contributed by atoms with Gasteiger partial charge in [0.25, 0.3) is 0 Å². The van der Waals surface area contributed by atoms with Crippen LogP contribution in [0.25, 0.3) is 0 Å². The van der Waals surface area contributed by atoms with Crippen LogP contribution in [0.15, 0.2) is 10.6 Å². The van der Waals surface area contributed by atoms with E-state index in [1.54, 1.807) is 4.68 Å². The van der Waals surface area contributed by atoms with Crippen LogP contribution in [0.2, 0.25) is 0 Å². The van der Waals surface area contributed by atoms with Crippen LogP contribution < -0.4 is 0 Å². The third-order valence-electron chi connectivity index (χ3n) is 2.26. The Hall–Kier alpha value is -1.43. The summed E-state index contributed by atoms with van der Waals surface area (Å²) in [5.74, 6) is 1.83. The Kier molecular flexibility index (Phi) is 4.08. The normalized spacial score (nSPS) is 10.9. The average Bonchev–Trinajstić information content (AvgIpc) is 2.96. The molecule has 2 aromatic rings. The molecule has 2 rings (SSSR count). The molecular weight excluding hydrogens is 242 g/mol. The number of halogens is 1. The molecular formula is C10H14ClN5O. The Morgan fingerprint density at radius 1 is 1.29 bits per heavy atom. The van der Waals surface area contributed by atoms with Crippen LogP contribution in [-0.2, 0) is 19.4 Å². The molecule has 6 nitrogen and oxygen atoms in total. The second-order valence-electron chi connectivity index (χ2n) is 3.64. The maximum atomic E-state index is 5.62. The van der Waals surface area contributed by atoms with Crippen LogP contribution in [0, 0.1) is 0 Å². The summed E-state index contributed by atoms with van der Waals surface area (Å²) in [7, 11) is 0. The molecule has 0 unspecified atom stereocenters. The zero-order valence-corrected chi connectivity index (χ0v) is 10.4. The largest absolute Gasteiger partial charge is 0.423 e. The Morgan fingerprint density at radius 3 is 2.82 bits per heavy atom. The minimum absolute atomic E-state index is 0.459. The highest BCUT2D eigenvalue weighted by Gasteiger charge is 2.07. The van der Waals surface area contributed by atoms with E-state index >= 15 is 0 Å². The molecule has 0 saturated heterocycles. The van der Waals surface area contributed by atoms with Crippen molar-refractivity contribution in [3.63, 3.8) is 0 Å². The number of hydrogen-bond donors (Lipinski definition) is 0. The van der Waals surface area contributed by atoms with Crippen molar-refractivity contribution in [2.75, 3.05) is 5.88 Å². The van der Waals surface area contributed by atoms with Crippen LogP contribution in [0.3, 0.4) is 0 Å². The second kappa shape index (κ2) is 5.77. The van der Waals surface area contributed by atoms with Gasteiger partial charge in [-0.25, -0.2) is 4.68 Å². The van der Waals surface area contributed by atoms with Crippen molar-refractivity contribution in [3.05, 3.63) is 23.7 Å².